The Balaban J connectivity index is 1.81. The van der Waals surface area contributed by atoms with Crippen molar-refractivity contribution < 1.29 is 9.18 Å². The fourth-order valence-electron chi connectivity index (χ4n) is 2.58. The van der Waals surface area contributed by atoms with Gasteiger partial charge in [0.05, 0.1) is 0 Å². The normalized spacial score (nSPS) is 24.3. The summed E-state index contributed by atoms with van der Waals surface area (Å²) in [5.41, 5.74) is 5.94. The number of rotatable bonds is 5. The SMILES string of the molecule is CC(CC(N)=O)NC1CC(c2ccccc2F)C1. The van der Waals surface area contributed by atoms with Gasteiger partial charge in [0.15, 0.2) is 0 Å². The van der Waals surface area contributed by atoms with E-state index in [1.807, 2.05) is 19.1 Å². The number of nitrogens with two attached hydrogens (primary N) is 1. The largest absolute Gasteiger partial charge is 0.370 e. The number of hydrogen-bond donors (Lipinski definition) is 2. The molecule has 0 radical (unpaired) electrons. The second-order valence-electron chi connectivity index (χ2n) is 5.12. The Labute approximate surface area is 107 Å². The minimum Gasteiger partial charge on any atom is -0.370 e. The van der Waals surface area contributed by atoms with Crippen molar-refractivity contribution in [2.75, 3.05) is 0 Å². The first-order valence-corrected chi connectivity index (χ1v) is 6.35. The predicted molar refractivity (Wildman–Crippen MR) is 68.6 cm³/mol. The van der Waals surface area contributed by atoms with Crippen molar-refractivity contribution in [2.45, 2.75) is 44.2 Å². The highest BCUT2D eigenvalue weighted by atomic mass is 19.1. The summed E-state index contributed by atoms with van der Waals surface area (Å²) < 4.78 is 13.5. The lowest BCUT2D eigenvalue weighted by Gasteiger charge is -2.38. The zero-order valence-corrected chi connectivity index (χ0v) is 10.5. The van der Waals surface area contributed by atoms with Crippen LogP contribution in [0, 0.1) is 5.82 Å². The molecule has 1 aromatic carbocycles. The maximum absolute atomic E-state index is 13.5. The smallest absolute Gasteiger partial charge is 0.218 e. The van der Waals surface area contributed by atoms with Gasteiger partial charge < -0.3 is 11.1 Å². The van der Waals surface area contributed by atoms with Gasteiger partial charge in [-0.05, 0) is 37.3 Å². The molecule has 0 saturated heterocycles. The molecule has 1 aliphatic carbocycles. The van der Waals surface area contributed by atoms with Crippen LogP contribution in [0.3, 0.4) is 0 Å². The molecule has 0 spiro atoms. The molecule has 0 aromatic heterocycles. The van der Waals surface area contributed by atoms with Gasteiger partial charge in [-0.3, -0.25) is 4.79 Å². The molecule has 0 aliphatic heterocycles. The van der Waals surface area contributed by atoms with Crippen LogP contribution in [0.2, 0.25) is 0 Å². The number of primary amides is 1. The maximum atomic E-state index is 13.5. The van der Waals surface area contributed by atoms with E-state index >= 15 is 0 Å². The van der Waals surface area contributed by atoms with Gasteiger partial charge in [-0.15, -0.1) is 0 Å². The summed E-state index contributed by atoms with van der Waals surface area (Å²) >= 11 is 0. The minimum atomic E-state index is -0.292. The summed E-state index contributed by atoms with van der Waals surface area (Å²) in [4.78, 5) is 10.8. The number of hydrogen-bond acceptors (Lipinski definition) is 2. The molecule has 1 fully saturated rings. The molecule has 1 aromatic rings. The molecule has 1 unspecified atom stereocenters. The van der Waals surface area contributed by atoms with E-state index in [2.05, 4.69) is 5.32 Å². The summed E-state index contributed by atoms with van der Waals surface area (Å²) in [5.74, 6) is -0.115. The van der Waals surface area contributed by atoms with E-state index in [1.54, 1.807) is 6.07 Å². The Morgan fingerprint density at radius 3 is 2.78 bits per heavy atom. The average molecular weight is 250 g/mol. The van der Waals surface area contributed by atoms with Gasteiger partial charge >= 0.3 is 0 Å². The predicted octanol–water partition coefficient (Wildman–Crippen LogP) is 1.93. The van der Waals surface area contributed by atoms with Crippen LogP contribution in [0.15, 0.2) is 24.3 Å². The second kappa shape index (κ2) is 5.48. The average Bonchev–Trinajstić information content (AvgIpc) is 2.23. The highest BCUT2D eigenvalue weighted by Crippen LogP contribution is 2.38. The molecular formula is C14H19FN2O. The van der Waals surface area contributed by atoms with E-state index in [4.69, 9.17) is 5.73 Å². The molecule has 3 nitrogen and oxygen atoms in total. The van der Waals surface area contributed by atoms with Crippen molar-refractivity contribution in [1.29, 1.82) is 0 Å². The number of nitrogens with one attached hydrogen (secondary N) is 1. The summed E-state index contributed by atoms with van der Waals surface area (Å²) in [6, 6.07) is 7.39. The minimum absolute atomic E-state index is 0.0917. The van der Waals surface area contributed by atoms with Gasteiger partial charge in [-0.2, -0.15) is 0 Å². The quantitative estimate of drug-likeness (QED) is 0.839. The molecule has 1 atom stereocenters. The Morgan fingerprint density at radius 1 is 1.50 bits per heavy atom. The standard InChI is InChI=1S/C14H19FN2O/c1-9(6-14(16)18)17-11-7-10(8-11)12-4-2-3-5-13(12)15/h2-5,9-11,17H,6-8H2,1H3,(H2,16,18). The highest BCUT2D eigenvalue weighted by molar-refractivity contribution is 5.74. The first-order valence-electron chi connectivity index (χ1n) is 6.35. The summed E-state index contributed by atoms with van der Waals surface area (Å²) in [5, 5.41) is 3.34. The van der Waals surface area contributed by atoms with E-state index in [-0.39, 0.29) is 17.8 Å². The molecule has 2 rings (SSSR count). The third-order valence-corrected chi connectivity index (χ3v) is 3.51. The molecule has 98 valence electrons. The lowest BCUT2D eigenvalue weighted by atomic mass is 9.75. The van der Waals surface area contributed by atoms with Gasteiger partial charge in [-0.25, -0.2) is 4.39 Å². The third-order valence-electron chi connectivity index (χ3n) is 3.51. The van der Waals surface area contributed by atoms with Crippen molar-refractivity contribution in [3.63, 3.8) is 0 Å². The maximum Gasteiger partial charge on any atom is 0.218 e. The number of carbonyl (C=O) groups excluding carboxylic acids is 1. The summed E-state index contributed by atoms with van der Waals surface area (Å²) in [6.07, 6.45) is 2.19. The fraction of sp³-hybridized carbons (Fsp3) is 0.500. The first-order chi connectivity index (χ1) is 8.56. The van der Waals surface area contributed by atoms with Crippen LogP contribution >= 0.6 is 0 Å². The summed E-state index contributed by atoms with van der Waals surface area (Å²) in [7, 11) is 0. The van der Waals surface area contributed by atoms with Crippen LogP contribution in [-0.2, 0) is 4.79 Å². The number of amides is 1. The number of carbonyl (C=O) groups is 1. The monoisotopic (exact) mass is 250 g/mol. The van der Waals surface area contributed by atoms with Crippen molar-refractivity contribution in [1.82, 2.24) is 5.32 Å². The Bertz CT molecular complexity index is 430. The molecule has 1 amide bonds. The van der Waals surface area contributed by atoms with Crippen molar-refractivity contribution in [3.05, 3.63) is 35.6 Å². The van der Waals surface area contributed by atoms with Crippen LogP contribution in [0.5, 0.6) is 0 Å². The number of halogens is 1. The van der Waals surface area contributed by atoms with E-state index in [9.17, 15) is 9.18 Å². The molecule has 3 N–H and O–H groups in total. The van der Waals surface area contributed by atoms with Crippen molar-refractivity contribution in [2.24, 2.45) is 5.73 Å². The lowest BCUT2D eigenvalue weighted by molar-refractivity contribution is -0.118. The first kappa shape index (κ1) is 13.0. The number of benzene rings is 1. The highest BCUT2D eigenvalue weighted by Gasteiger charge is 2.32. The van der Waals surface area contributed by atoms with E-state index < -0.39 is 0 Å². The van der Waals surface area contributed by atoms with Crippen molar-refractivity contribution in [3.8, 4) is 0 Å². The van der Waals surface area contributed by atoms with Crippen LogP contribution in [-0.4, -0.2) is 18.0 Å². The topological polar surface area (TPSA) is 55.1 Å². The zero-order valence-electron chi connectivity index (χ0n) is 10.5. The zero-order chi connectivity index (χ0) is 13.1. The van der Waals surface area contributed by atoms with E-state index in [0.29, 0.717) is 18.4 Å². The van der Waals surface area contributed by atoms with Crippen molar-refractivity contribution >= 4 is 5.91 Å². The van der Waals surface area contributed by atoms with Crippen LogP contribution < -0.4 is 11.1 Å². The molecule has 0 bridgehead atoms. The molecule has 0 heterocycles. The third kappa shape index (κ3) is 3.07. The van der Waals surface area contributed by atoms with Gasteiger partial charge in [0.1, 0.15) is 5.82 Å². The second-order valence-corrected chi connectivity index (χ2v) is 5.12. The van der Waals surface area contributed by atoms with Crippen LogP contribution in [0.4, 0.5) is 4.39 Å². The van der Waals surface area contributed by atoms with Crippen LogP contribution in [0.1, 0.15) is 37.7 Å². The van der Waals surface area contributed by atoms with E-state index in [1.165, 1.54) is 6.07 Å². The van der Waals surface area contributed by atoms with Gasteiger partial charge in [0.2, 0.25) is 5.91 Å². The molecular weight excluding hydrogens is 231 g/mol. The lowest BCUT2D eigenvalue weighted by Crippen LogP contribution is -2.45. The Morgan fingerprint density at radius 2 is 2.17 bits per heavy atom. The Hall–Kier alpha value is -1.42. The molecule has 18 heavy (non-hydrogen) atoms. The summed E-state index contributed by atoms with van der Waals surface area (Å²) in [6.45, 7) is 1.95. The fourth-order valence-corrected chi connectivity index (χ4v) is 2.58. The van der Waals surface area contributed by atoms with Gasteiger partial charge in [-0.1, -0.05) is 18.2 Å². The molecule has 4 heteroatoms. The molecule has 1 saturated carbocycles. The van der Waals surface area contributed by atoms with Crippen LogP contribution in [0.25, 0.3) is 0 Å². The Kier molecular flexibility index (Phi) is 3.97. The van der Waals surface area contributed by atoms with E-state index in [0.717, 1.165) is 18.4 Å². The van der Waals surface area contributed by atoms with Gasteiger partial charge in [0.25, 0.3) is 0 Å². The van der Waals surface area contributed by atoms with Gasteiger partial charge in [0, 0.05) is 18.5 Å². The molecule has 1 aliphatic rings.